The maximum atomic E-state index is 6.03. The molecule has 1 aliphatic heterocycles. The van der Waals surface area contributed by atoms with Gasteiger partial charge in [0.05, 0.1) is 10.7 Å². The predicted molar refractivity (Wildman–Crippen MR) is 79.4 cm³/mol. The van der Waals surface area contributed by atoms with Gasteiger partial charge in [-0.3, -0.25) is 0 Å². The summed E-state index contributed by atoms with van der Waals surface area (Å²) < 4.78 is 0. The average Bonchev–Trinajstić information content (AvgIpc) is 2.84. The first-order valence-corrected chi connectivity index (χ1v) is 7.06. The monoisotopic (exact) mass is 267 g/mol. The number of nitrogen functional groups attached to an aromatic ring is 1. The van der Waals surface area contributed by atoms with E-state index in [4.69, 9.17) is 17.3 Å². The molecular weight excluding hydrogens is 246 g/mol. The molecule has 0 radical (unpaired) electrons. The summed E-state index contributed by atoms with van der Waals surface area (Å²) in [5.74, 6) is 0. The standard InChI is InChI=1S/C14H22ClN3/c1-11-9-13(16)12(15)10-14(11)17-5-4-8-18-6-2-3-7-18/h9-10,17H,2-8,16H2,1H3. The Kier molecular flexibility index (Phi) is 4.72. The van der Waals surface area contributed by atoms with Crippen LogP contribution in [0.3, 0.4) is 0 Å². The molecule has 1 aromatic carbocycles. The fraction of sp³-hybridized carbons (Fsp3) is 0.571. The zero-order valence-electron chi connectivity index (χ0n) is 11.0. The van der Waals surface area contributed by atoms with Gasteiger partial charge in [0.25, 0.3) is 0 Å². The molecule has 0 spiro atoms. The van der Waals surface area contributed by atoms with Gasteiger partial charge in [0.2, 0.25) is 0 Å². The maximum Gasteiger partial charge on any atom is 0.0656 e. The molecule has 4 heteroatoms. The Morgan fingerprint density at radius 2 is 2.06 bits per heavy atom. The van der Waals surface area contributed by atoms with Gasteiger partial charge < -0.3 is 16.0 Å². The number of benzene rings is 1. The number of aryl methyl sites for hydroxylation is 1. The molecule has 0 aromatic heterocycles. The number of hydrogen-bond donors (Lipinski definition) is 2. The molecule has 1 fully saturated rings. The SMILES string of the molecule is Cc1cc(N)c(Cl)cc1NCCCN1CCCC1. The highest BCUT2D eigenvalue weighted by molar-refractivity contribution is 6.33. The van der Waals surface area contributed by atoms with Crippen LogP contribution in [-0.4, -0.2) is 31.1 Å². The molecule has 1 heterocycles. The van der Waals surface area contributed by atoms with Crippen LogP contribution in [0.25, 0.3) is 0 Å². The van der Waals surface area contributed by atoms with Crippen molar-refractivity contribution < 1.29 is 0 Å². The zero-order valence-corrected chi connectivity index (χ0v) is 11.8. The van der Waals surface area contributed by atoms with Crippen molar-refractivity contribution in [3.8, 4) is 0 Å². The van der Waals surface area contributed by atoms with E-state index in [-0.39, 0.29) is 0 Å². The quantitative estimate of drug-likeness (QED) is 0.636. The fourth-order valence-electron chi connectivity index (χ4n) is 2.43. The van der Waals surface area contributed by atoms with Gasteiger partial charge >= 0.3 is 0 Å². The zero-order chi connectivity index (χ0) is 13.0. The first-order chi connectivity index (χ1) is 8.66. The Morgan fingerprint density at radius 3 is 2.78 bits per heavy atom. The molecule has 1 aromatic rings. The number of likely N-dealkylation sites (tertiary alicyclic amines) is 1. The lowest BCUT2D eigenvalue weighted by atomic mass is 10.1. The van der Waals surface area contributed by atoms with E-state index >= 15 is 0 Å². The van der Waals surface area contributed by atoms with Crippen LogP contribution < -0.4 is 11.1 Å². The van der Waals surface area contributed by atoms with E-state index < -0.39 is 0 Å². The summed E-state index contributed by atoms with van der Waals surface area (Å²) in [6.07, 6.45) is 3.89. The van der Waals surface area contributed by atoms with Crippen molar-refractivity contribution in [2.45, 2.75) is 26.2 Å². The minimum Gasteiger partial charge on any atom is -0.398 e. The van der Waals surface area contributed by atoms with Crippen molar-refractivity contribution in [2.75, 3.05) is 37.2 Å². The van der Waals surface area contributed by atoms with Crippen molar-refractivity contribution in [3.63, 3.8) is 0 Å². The normalized spacial score (nSPS) is 16.1. The molecule has 100 valence electrons. The van der Waals surface area contributed by atoms with Crippen LogP contribution in [0.4, 0.5) is 11.4 Å². The third kappa shape index (κ3) is 3.53. The van der Waals surface area contributed by atoms with Crippen LogP contribution >= 0.6 is 11.6 Å². The second kappa shape index (κ2) is 6.30. The Labute approximate surface area is 114 Å². The van der Waals surface area contributed by atoms with Crippen molar-refractivity contribution in [3.05, 3.63) is 22.7 Å². The van der Waals surface area contributed by atoms with Crippen LogP contribution in [0.5, 0.6) is 0 Å². The number of hydrogen-bond acceptors (Lipinski definition) is 3. The molecule has 0 unspecified atom stereocenters. The Hall–Kier alpha value is -0.930. The third-order valence-electron chi connectivity index (χ3n) is 3.51. The summed E-state index contributed by atoms with van der Waals surface area (Å²) in [5.41, 5.74) is 8.65. The van der Waals surface area contributed by atoms with Gasteiger partial charge in [-0.25, -0.2) is 0 Å². The fourth-order valence-corrected chi connectivity index (χ4v) is 2.59. The summed E-state index contributed by atoms with van der Waals surface area (Å²) in [4.78, 5) is 2.53. The molecule has 0 aliphatic carbocycles. The first-order valence-electron chi connectivity index (χ1n) is 6.68. The number of nitrogens with one attached hydrogen (secondary N) is 1. The van der Waals surface area contributed by atoms with Crippen LogP contribution in [-0.2, 0) is 0 Å². The van der Waals surface area contributed by atoms with E-state index in [9.17, 15) is 0 Å². The topological polar surface area (TPSA) is 41.3 Å². The summed E-state index contributed by atoms with van der Waals surface area (Å²) in [7, 11) is 0. The van der Waals surface area contributed by atoms with Crippen LogP contribution in [0.1, 0.15) is 24.8 Å². The summed E-state index contributed by atoms with van der Waals surface area (Å²) in [6, 6.07) is 3.84. The maximum absolute atomic E-state index is 6.03. The van der Waals surface area contributed by atoms with Gasteiger partial charge in [-0.15, -0.1) is 0 Å². The van der Waals surface area contributed by atoms with Gasteiger partial charge in [-0.05, 0) is 63.5 Å². The van der Waals surface area contributed by atoms with E-state index in [1.54, 1.807) is 0 Å². The highest BCUT2D eigenvalue weighted by atomic mass is 35.5. The average molecular weight is 268 g/mol. The molecule has 2 rings (SSSR count). The van der Waals surface area contributed by atoms with E-state index in [0.29, 0.717) is 10.7 Å². The van der Waals surface area contributed by atoms with Crippen LogP contribution in [0.15, 0.2) is 12.1 Å². The first kappa shape index (κ1) is 13.5. The van der Waals surface area contributed by atoms with Crippen molar-refractivity contribution in [1.82, 2.24) is 4.90 Å². The molecule has 0 saturated carbocycles. The molecule has 1 aliphatic rings. The molecule has 0 bridgehead atoms. The van der Waals surface area contributed by atoms with Crippen LogP contribution in [0, 0.1) is 6.92 Å². The Morgan fingerprint density at radius 1 is 1.33 bits per heavy atom. The smallest absolute Gasteiger partial charge is 0.0656 e. The highest BCUT2D eigenvalue weighted by Crippen LogP contribution is 2.26. The molecule has 3 N–H and O–H groups in total. The minimum atomic E-state index is 0.627. The molecule has 0 amide bonds. The largest absolute Gasteiger partial charge is 0.398 e. The number of anilines is 2. The van der Waals surface area contributed by atoms with Gasteiger partial charge in [-0.2, -0.15) is 0 Å². The van der Waals surface area contributed by atoms with Gasteiger partial charge in [0.15, 0.2) is 0 Å². The lowest BCUT2D eigenvalue weighted by molar-refractivity contribution is 0.337. The lowest BCUT2D eigenvalue weighted by Gasteiger charge is -2.15. The number of rotatable bonds is 5. The summed E-state index contributed by atoms with van der Waals surface area (Å²) >= 11 is 6.03. The van der Waals surface area contributed by atoms with E-state index in [0.717, 1.165) is 17.8 Å². The van der Waals surface area contributed by atoms with Crippen LogP contribution in [0.2, 0.25) is 5.02 Å². The lowest BCUT2D eigenvalue weighted by Crippen LogP contribution is -2.22. The number of halogens is 1. The second-order valence-corrected chi connectivity index (χ2v) is 5.42. The van der Waals surface area contributed by atoms with E-state index in [2.05, 4.69) is 17.1 Å². The molecule has 3 nitrogen and oxygen atoms in total. The second-order valence-electron chi connectivity index (χ2n) is 5.02. The number of nitrogens with zero attached hydrogens (tertiary/aromatic N) is 1. The van der Waals surface area contributed by atoms with Gasteiger partial charge in [0.1, 0.15) is 0 Å². The minimum absolute atomic E-state index is 0.627. The molecule has 1 saturated heterocycles. The van der Waals surface area contributed by atoms with Gasteiger partial charge in [0, 0.05) is 12.2 Å². The van der Waals surface area contributed by atoms with E-state index in [1.165, 1.54) is 38.9 Å². The highest BCUT2D eigenvalue weighted by Gasteiger charge is 2.10. The summed E-state index contributed by atoms with van der Waals surface area (Å²) in [5, 5.41) is 4.07. The Bertz CT molecular complexity index is 400. The van der Waals surface area contributed by atoms with Crippen molar-refractivity contribution in [2.24, 2.45) is 0 Å². The molecular formula is C14H22ClN3. The molecule has 18 heavy (non-hydrogen) atoms. The molecule has 0 atom stereocenters. The van der Waals surface area contributed by atoms with Crippen molar-refractivity contribution >= 4 is 23.0 Å². The van der Waals surface area contributed by atoms with Gasteiger partial charge in [-0.1, -0.05) is 11.6 Å². The van der Waals surface area contributed by atoms with E-state index in [1.807, 2.05) is 12.1 Å². The third-order valence-corrected chi connectivity index (χ3v) is 3.84. The Balaban J connectivity index is 1.77. The number of nitrogens with two attached hydrogens (primary N) is 1. The summed E-state index contributed by atoms with van der Waals surface area (Å²) in [6.45, 7) is 6.77. The van der Waals surface area contributed by atoms with Crippen molar-refractivity contribution in [1.29, 1.82) is 0 Å². The predicted octanol–water partition coefficient (Wildman–Crippen LogP) is 3.13.